The average molecular weight is 275 g/mol. The summed E-state index contributed by atoms with van der Waals surface area (Å²) in [6.45, 7) is 3.82. The number of nitrogens with zero attached hydrogens (tertiary/aromatic N) is 1. The van der Waals surface area contributed by atoms with Gasteiger partial charge in [0.05, 0.1) is 5.41 Å². The van der Waals surface area contributed by atoms with E-state index in [9.17, 15) is 9.59 Å². The fraction of sp³-hybridized carbons (Fsp3) is 0.467. The maximum atomic E-state index is 12.3. The molecule has 1 atom stereocenters. The first-order chi connectivity index (χ1) is 9.34. The van der Waals surface area contributed by atoms with Gasteiger partial charge in [-0.05, 0) is 38.1 Å². The second-order valence-electron chi connectivity index (χ2n) is 5.60. The number of fused-ring (bicyclic) bond motifs is 1. The Morgan fingerprint density at radius 3 is 2.50 bits per heavy atom. The van der Waals surface area contributed by atoms with E-state index in [0.717, 1.165) is 16.8 Å². The van der Waals surface area contributed by atoms with Gasteiger partial charge in [0, 0.05) is 19.8 Å². The highest BCUT2D eigenvalue weighted by Crippen LogP contribution is 2.41. The number of nitrogens with one attached hydrogen (secondary N) is 2. The lowest BCUT2D eigenvalue weighted by Gasteiger charge is -2.19. The maximum absolute atomic E-state index is 12.3. The molecule has 5 heteroatoms. The molecule has 1 unspecified atom stereocenters. The van der Waals surface area contributed by atoms with Gasteiger partial charge in [-0.1, -0.05) is 12.1 Å². The van der Waals surface area contributed by atoms with Crippen LogP contribution in [0.1, 0.15) is 31.0 Å². The second-order valence-corrected chi connectivity index (χ2v) is 5.60. The molecule has 2 amide bonds. The first-order valence-corrected chi connectivity index (χ1v) is 6.66. The molecule has 1 aromatic rings. The van der Waals surface area contributed by atoms with Crippen molar-refractivity contribution in [3.63, 3.8) is 0 Å². The molecule has 108 valence electrons. The first kappa shape index (κ1) is 14.5. The van der Waals surface area contributed by atoms with E-state index >= 15 is 0 Å². The summed E-state index contributed by atoms with van der Waals surface area (Å²) in [5.41, 5.74) is 2.19. The topological polar surface area (TPSA) is 61.4 Å². The average Bonchev–Trinajstić information content (AvgIpc) is 2.61. The zero-order valence-corrected chi connectivity index (χ0v) is 12.6. The van der Waals surface area contributed by atoms with Gasteiger partial charge in [-0.25, -0.2) is 0 Å². The molecular weight excluding hydrogens is 254 g/mol. The summed E-state index contributed by atoms with van der Waals surface area (Å²) in [7, 11) is 5.14. The largest absolute Gasteiger partial charge is 0.358 e. The third-order valence-electron chi connectivity index (χ3n) is 4.03. The molecule has 0 bridgehead atoms. The van der Waals surface area contributed by atoms with Gasteiger partial charge in [0.1, 0.15) is 6.04 Å². The Morgan fingerprint density at radius 1 is 1.30 bits per heavy atom. The second kappa shape index (κ2) is 4.90. The van der Waals surface area contributed by atoms with Crippen LogP contribution in [0.3, 0.4) is 0 Å². The Bertz CT molecular complexity index is 566. The van der Waals surface area contributed by atoms with Crippen molar-refractivity contribution >= 4 is 17.5 Å². The van der Waals surface area contributed by atoms with E-state index in [0.29, 0.717) is 0 Å². The molecule has 0 aliphatic carbocycles. The van der Waals surface area contributed by atoms with Crippen molar-refractivity contribution in [1.29, 1.82) is 0 Å². The Kier molecular flexibility index (Phi) is 3.56. The standard InChI is InChI=1S/C15H21N3O2/c1-15(2)10-8-9(12(16-3)13(19)17-4)6-7-11(10)18(5)14(15)20/h6-8,12,16H,1-5H3,(H,17,19). The van der Waals surface area contributed by atoms with Crippen molar-refractivity contribution in [2.24, 2.45) is 0 Å². The first-order valence-electron chi connectivity index (χ1n) is 6.66. The molecule has 1 aromatic carbocycles. The predicted octanol–water partition coefficient (Wildman–Crippen LogP) is 0.947. The molecule has 1 heterocycles. The molecule has 0 aromatic heterocycles. The minimum atomic E-state index is -0.554. The summed E-state index contributed by atoms with van der Waals surface area (Å²) in [6, 6.07) is 5.33. The number of amides is 2. The van der Waals surface area contributed by atoms with Crippen molar-refractivity contribution in [3.8, 4) is 0 Å². The smallest absolute Gasteiger partial charge is 0.241 e. The van der Waals surface area contributed by atoms with Crippen molar-refractivity contribution in [2.75, 3.05) is 26.0 Å². The van der Waals surface area contributed by atoms with Gasteiger partial charge in [0.2, 0.25) is 11.8 Å². The molecule has 0 radical (unpaired) electrons. The Hall–Kier alpha value is -1.88. The third kappa shape index (κ3) is 1.98. The normalized spacial score (nSPS) is 17.9. The highest BCUT2D eigenvalue weighted by molar-refractivity contribution is 6.07. The number of hydrogen-bond donors (Lipinski definition) is 2. The molecule has 2 rings (SSSR count). The molecule has 1 aliphatic heterocycles. The highest BCUT2D eigenvalue weighted by Gasteiger charge is 2.42. The van der Waals surface area contributed by atoms with E-state index in [1.807, 2.05) is 32.0 Å². The van der Waals surface area contributed by atoms with Crippen molar-refractivity contribution < 1.29 is 9.59 Å². The molecule has 0 saturated heterocycles. The summed E-state index contributed by atoms with van der Waals surface area (Å²) >= 11 is 0. The van der Waals surface area contributed by atoms with Crippen LogP contribution in [-0.4, -0.2) is 33.0 Å². The number of anilines is 1. The van der Waals surface area contributed by atoms with Crippen molar-refractivity contribution in [2.45, 2.75) is 25.3 Å². The Labute approximate surface area is 119 Å². The minimum absolute atomic E-state index is 0.0746. The lowest BCUT2D eigenvalue weighted by molar-refractivity contribution is -0.123. The zero-order chi connectivity index (χ0) is 15.1. The van der Waals surface area contributed by atoms with Gasteiger partial charge < -0.3 is 15.5 Å². The zero-order valence-electron chi connectivity index (χ0n) is 12.6. The fourth-order valence-corrected chi connectivity index (χ4v) is 2.76. The third-order valence-corrected chi connectivity index (χ3v) is 4.03. The van der Waals surface area contributed by atoms with Crippen LogP contribution in [0.25, 0.3) is 0 Å². The van der Waals surface area contributed by atoms with Crippen LogP contribution in [-0.2, 0) is 15.0 Å². The number of carbonyl (C=O) groups excluding carboxylic acids is 2. The number of likely N-dealkylation sites (N-methyl/N-ethyl adjacent to an activating group) is 3. The quantitative estimate of drug-likeness (QED) is 0.863. The van der Waals surface area contributed by atoms with E-state index in [4.69, 9.17) is 0 Å². The van der Waals surface area contributed by atoms with Crippen LogP contribution in [0, 0.1) is 0 Å². The Balaban J connectivity index is 2.51. The number of carbonyl (C=O) groups is 2. The molecule has 2 N–H and O–H groups in total. The predicted molar refractivity (Wildman–Crippen MR) is 78.7 cm³/mol. The van der Waals surface area contributed by atoms with E-state index in [1.165, 1.54) is 0 Å². The summed E-state index contributed by atoms with van der Waals surface area (Å²) in [5, 5.41) is 5.64. The van der Waals surface area contributed by atoms with Crippen LogP contribution in [0.2, 0.25) is 0 Å². The van der Waals surface area contributed by atoms with Crippen LogP contribution < -0.4 is 15.5 Å². The van der Waals surface area contributed by atoms with Gasteiger partial charge in [-0.15, -0.1) is 0 Å². The van der Waals surface area contributed by atoms with Crippen LogP contribution in [0.4, 0.5) is 5.69 Å². The van der Waals surface area contributed by atoms with Crippen molar-refractivity contribution in [1.82, 2.24) is 10.6 Å². The molecule has 5 nitrogen and oxygen atoms in total. The van der Waals surface area contributed by atoms with E-state index in [2.05, 4.69) is 10.6 Å². The van der Waals surface area contributed by atoms with Gasteiger partial charge in [-0.2, -0.15) is 0 Å². The Morgan fingerprint density at radius 2 is 1.95 bits per heavy atom. The van der Waals surface area contributed by atoms with Gasteiger partial charge >= 0.3 is 0 Å². The molecule has 1 aliphatic rings. The van der Waals surface area contributed by atoms with E-state index in [1.54, 1.807) is 26.0 Å². The molecule has 0 spiro atoms. The van der Waals surface area contributed by atoms with Gasteiger partial charge in [0.25, 0.3) is 0 Å². The highest BCUT2D eigenvalue weighted by atomic mass is 16.2. The summed E-state index contributed by atoms with van der Waals surface area (Å²) in [4.78, 5) is 25.8. The molecule has 20 heavy (non-hydrogen) atoms. The summed E-state index contributed by atoms with van der Waals surface area (Å²) < 4.78 is 0. The van der Waals surface area contributed by atoms with Gasteiger partial charge in [-0.3, -0.25) is 9.59 Å². The molecule has 0 saturated carbocycles. The molecule has 0 fully saturated rings. The van der Waals surface area contributed by atoms with Gasteiger partial charge in [0.15, 0.2) is 0 Å². The maximum Gasteiger partial charge on any atom is 0.241 e. The van der Waals surface area contributed by atoms with Crippen LogP contribution in [0.5, 0.6) is 0 Å². The monoisotopic (exact) mass is 275 g/mol. The lowest BCUT2D eigenvalue weighted by Crippen LogP contribution is -2.34. The SMILES string of the molecule is CNC(=O)C(NC)c1ccc2c(c1)C(C)(C)C(=O)N2C. The minimum Gasteiger partial charge on any atom is -0.358 e. The number of hydrogen-bond acceptors (Lipinski definition) is 3. The van der Waals surface area contributed by atoms with E-state index < -0.39 is 11.5 Å². The lowest BCUT2D eigenvalue weighted by atomic mass is 9.84. The number of rotatable bonds is 3. The van der Waals surface area contributed by atoms with E-state index in [-0.39, 0.29) is 11.8 Å². The number of benzene rings is 1. The van der Waals surface area contributed by atoms with Crippen LogP contribution in [0.15, 0.2) is 18.2 Å². The molecular formula is C15H21N3O2. The van der Waals surface area contributed by atoms with Crippen molar-refractivity contribution in [3.05, 3.63) is 29.3 Å². The fourth-order valence-electron chi connectivity index (χ4n) is 2.76. The van der Waals surface area contributed by atoms with Crippen LogP contribution >= 0.6 is 0 Å². The summed E-state index contributed by atoms with van der Waals surface area (Å²) in [6.07, 6.45) is 0. The summed E-state index contributed by atoms with van der Waals surface area (Å²) in [5.74, 6) is -0.0199.